The van der Waals surface area contributed by atoms with Gasteiger partial charge in [0.25, 0.3) is 0 Å². The first-order chi connectivity index (χ1) is 8.83. The van der Waals surface area contributed by atoms with Gasteiger partial charge < -0.3 is 15.6 Å². The Labute approximate surface area is 112 Å². The quantitative estimate of drug-likeness (QED) is 0.570. The van der Waals surface area contributed by atoms with Crippen LogP contribution in [0.1, 0.15) is 13.3 Å². The molecule has 0 aliphatic heterocycles. The first-order valence-corrected chi connectivity index (χ1v) is 7.47. The van der Waals surface area contributed by atoms with Gasteiger partial charge in [-0.1, -0.05) is 0 Å². The lowest BCUT2D eigenvalue weighted by atomic mass is 10.3. The fourth-order valence-electron chi connectivity index (χ4n) is 1.34. The number of sulfone groups is 1. The zero-order chi connectivity index (χ0) is 14.5. The molecule has 0 bridgehead atoms. The Balaban J connectivity index is 2.39. The molecule has 0 heterocycles. The minimum Gasteiger partial charge on any atom is -0.494 e. The molecule has 0 fully saturated rings. The molecule has 1 atom stereocenters. The van der Waals surface area contributed by atoms with Crippen LogP contribution in [0.5, 0.6) is 5.75 Å². The number of ether oxygens (including phenoxy) is 1. The van der Waals surface area contributed by atoms with Gasteiger partial charge in [0.05, 0.1) is 12.4 Å². The van der Waals surface area contributed by atoms with E-state index in [9.17, 15) is 13.2 Å². The predicted octanol–water partition coefficient (Wildman–Crippen LogP) is 0.926. The van der Waals surface area contributed by atoms with E-state index in [1.165, 1.54) is 6.92 Å². The molecule has 1 aromatic rings. The predicted molar refractivity (Wildman–Crippen MR) is 71.9 cm³/mol. The van der Waals surface area contributed by atoms with Crippen molar-refractivity contribution in [2.45, 2.75) is 18.6 Å². The number of hydrogen-bond donors (Lipinski definition) is 2. The van der Waals surface area contributed by atoms with Crippen molar-refractivity contribution < 1.29 is 23.1 Å². The van der Waals surface area contributed by atoms with Crippen molar-refractivity contribution >= 4 is 21.5 Å². The Morgan fingerprint density at radius 3 is 2.47 bits per heavy atom. The maximum absolute atomic E-state index is 11.6. The molecule has 6 nitrogen and oxygen atoms in total. The van der Waals surface area contributed by atoms with E-state index >= 15 is 0 Å². The molecule has 3 N–H and O–H groups in total. The number of anilines is 1. The third-order valence-corrected chi connectivity index (χ3v) is 4.75. The molecule has 0 saturated carbocycles. The highest BCUT2D eigenvalue weighted by Crippen LogP contribution is 2.13. The van der Waals surface area contributed by atoms with Gasteiger partial charge in [0.2, 0.25) is 0 Å². The summed E-state index contributed by atoms with van der Waals surface area (Å²) in [5.74, 6) is -0.951. The first kappa shape index (κ1) is 15.3. The van der Waals surface area contributed by atoms with Gasteiger partial charge in [0.15, 0.2) is 15.1 Å². The van der Waals surface area contributed by atoms with E-state index in [4.69, 9.17) is 15.6 Å². The van der Waals surface area contributed by atoms with Gasteiger partial charge in [0.1, 0.15) is 5.75 Å². The van der Waals surface area contributed by atoms with E-state index in [0.717, 1.165) is 0 Å². The topological polar surface area (TPSA) is 107 Å². The standard InChI is InChI=1S/C12H17NO5S/c1-9(12(14)15)19(16,17)8-2-7-18-11-5-3-10(13)4-6-11/h3-6,9H,2,7-8,13H2,1H3,(H,14,15). The average Bonchev–Trinajstić information content (AvgIpc) is 2.35. The van der Waals surface area contributed by atoms with E-state index in [1.807, 2.05) is 0 Å². The lowest BCUT2D eigenvalue weighted by Gasteiger charge is -2.09. The molecule has 0 aliphatic carbocycles. The van der Waals surface area contributed by atoms with E-state index in [-0.39, 0.29) is 18.8 Å². The first-order valence-electron chi connectivity index (χ1n) is 5.75. The smallest absolute Gasteiger partial charge is 0.321 e. The highest BCUT2D eigenvalue weighted by Gasteiger charge is 2.26. The normalized spacial score (nSPS) is 12.9. The summed E-state index contributed by atoms with van der Waals surface area (Å²) in [7, 11) is -3.62. The summed E-state index contributed by atoms with van der Waals surface area (Å²) in [5, 5.41) is 7.27. The van der Waals surface area contributed by atoms with Crippen LogP contribution in [0.4, 0.5) is 5.69 Å². The summed E-state index contributed by atoms with van der Waals surface area (Å²) in [6.45, 7) is 1.37. The Bertz CT molecular complexity index is 524. The molecule has 0 amide bonds. The number of hydrogen-bond acceptors (Lipinski definition) is 5. The highest BCUT2D eigenvalue weighted by atomic mass is 32.2. The zero-order valence-electron chi connectivity index (χ0n) is 10.6. The van der Waals surface area contributed by atoms with Crippen molar-refractivity contribution in [3.8, 4) is 5.75 Å². The Morgan fingerprint density at radius 2 is 1.95 bits per heavy atom. The van der Waals surface area contributed by atoms with Crippen LogP contribution in [0, 0.1) is 0 Å². The van der Waals surface area contributed by atoms with Gasteiger partial charge in [-0.3, -0.25) is 4.79 Å². The second-order valence-electron chi connectivity index (χ2n) is 4.12. The molecule has 19 heavy (non-hydrogen) atoms. The Morgan fingerprint density at radius 1 is 1.37 bits per heavy atom. The van der Waals surface area contributed by atoms with Crippen LogP contribution >= 0.6 is 0 Å². The molecule has 1 aromatic carbocycles. The summed E-state index contributed by atoms with van der Waals surface area (Å²) in [6.07, 6.45) is 0.240. The SMILES string of the molecule is CC(C(=O)O)S(=O)(=O)CCCOc1ccc(N)cc1. The van der Waals surface area contributed by atoms with Crippen molar-refractivity contribution in [1.82, 2.24) is 0 Å². The van der Waals surface area contributed by atoms with Crippen LogP contribution in [-0.4, -0.2) is 37.1 Å². The molecule has 7 heteroatoms. The number of nitrogen functional groups attached to an aromatic ring is 1. The monoisotopic (exact) mass is 287 g/mol. The highest BCUT2D eigenvalue weighted by molar-refractivity contribution is 7.92. The molecule has 0 aromatic heterocycles. The third-order valence-electron chi connectivity index (χ3n) is 2.61. The fourth-order valence-corrected chi connectivity index (χ4v) is 2.53. The molecule has 1 unspecified atom stereocenters. The lowest BCUT2D eigenvalue weighted by molar-refractivity contribution is -0.136. The zero-order valence-corrected chi connectivity index (χ0v) is 11.4. The maximum atomic E-state index is 11.6. The van der Waals surface area contributed by atoms with E-state index < -0.39 is 21.1 Å². The molecule has 0 aliphatic rings. The van der Waals surface area contributed by atoms with Crippen molar-refractivity contribution in [2.24, 2.45) is 0 Å². The van der Waals surface area contributed by atoms with Gasteiger partial charge in [0, 0.05) is 5.69 Å². The van der Waals surface area contributed by atoms with E-state index in [2.05, 4.69) is 0 Å². The third kappa shape index (κ3) is 4.78. The summed E-state index contributed by atoms with van der Waals surface area (Å²) in [4.78, 5) is 10.6. The second-order valence-corrected chi connectivity index (χ2v) is 6.56. The van der Waals surface area contributed by atoms with Crippen LogP contribution in [0.3, 0.4) is 0 Å². The van der Waals surface area contributed by atoms with Crippen LogP contribution in [0.25, 0.3) is 0 Å². The van der Waals surface area contributed by atoms with Gasteiger partial charge in [-0.05, 0) is 37.6 Å². The van der Waals surface area contributed by atoms with Crippen LogP contribution in [0.2, 0.25) is 0 Å². The molecular formula is C12H17NO5S. The number of carboxylic acids is 1. The van der Waals surface area contributed by atoms with Crippen LogP contribution < -0.4 is 10.5 Å². The number of carbonyl (C=O) groups is 1. The summed E-state index contributed by atoms with van der Waals surface area (Å²) in [6, 6.07) is 6.73. The molecule has 0 saturated heterocycles. The van der Waals surface area contributed by atoms with E-state index in [0.29, 0.717) is 11.4 Å². The summed E-state index contributed by atoms with van der Waals surface area (Å²) < 4.78 is 28.5. The molecular weight excluding hydrogens is 270 g/mol. The Hall–Kier alpha value is -1.76. The number of aliphatic carboxylic acids is 1. The fraction of sp³-hybridized carbons (Fsp3) is 0.417. The van der Waals surface area contributed by atoms with Crippen LogP contribution in [-0.2, 0) is 14.6 Å². The van der Waals surface area contributed by atoms with Gasteiger partial charge >= 0.3 is 5.97 Å². The molecule has 0 spiro atoms. The number of carboxylic acid groups (broad SMARTS) is 1. The van der Waals surface area contributed by atoms with Gasteiger partial charge in [-0.2, -0.15) is 0 Å². The number of nitrogens with two attached hydrogens (primary N) is 1. The van der Waals surface area contributed by atoms with E-state index in [1.54, 1.807) is 24.3 Å². The maximum Gasteiger partial charge on any atom is 0.321 e. The molecule has 1 rings (SSSR count). The molecule has 106 valence electrons. The minimum atomic E-state index is -3.62. The average molecular weight is 287 g/mol. The van der Waals surface area contributed by atoms with Crippen molar-refractivity contribution in [2.75, 3.05) is 18.1 Å². The summed E-state index contributed by atoms with van der Waals surface area (Å²) in [5.41, 5.74) is 6.13. The van der Waals surface area contributed by atoms with Crippen LogP contribution in [0.15, 0.2) is 24.3 Å². The number of rotatable bonds is 7. The summed E-state index contributed by atoms with van der Waals surface area (Å²) >= 11 is 0. The number of benzene rings is 1. The minimum absolute atomic E-state index is 0.204. The van der Waals surface area contributed by atoms with Crippen molar-refractivity contribution in [1.29, 1.82) is 0 Å². The van der Waals surface area contributed by atoms with Gasteiger partial charge in [-0.15, -0.1) is 0 Å². The lowest BCUT2D eigenvalue weighted by Crippen LogP contribution is -2.29. The van der Waals surface area contributed by atoms with Gasteiger partial charge in [-0.25, -0.2) is 8.42 Å². The Kier molecular flexibility index (Phi) is 5.17. The molecule has 0 radical (unpaired) electrons. The van der Waals surface area contributed by atoms with Crippen molar-refractivity contribution in [3.63, 3.8) is 0 Å². The van der Waals surface area contributed by atoms with Crippen molar-refractivity contribution in [3.05, 3.63) is 24.3 Å². The largest absolute Gasteiger partial charge is 0.494 e. The second kappa shape index (κ2) is 6.42.